The zero-order chi connectivity index (χ0) is 10.1. The molecule has 1 aromatic heterocycles. The van der Waals surface area contributed by atoms with Crippen molar-refractivity contribution >= 4 is 21.6 Å². The molecule has 0 N–H and O–H groups in total. The number of rotatable bonds is 1. The zero-order valence-electron chi connectivity index (χ0n) is 8.75. The maximum Gasteiger partial charge on any atom is 0.235 e. The van der Waals surface area contributed by atoms with Gasteiger partial charge in [-0.1, -0.05) is 17.3 Å². The van der Waals surface area contributed by atoms with Crippen molar-refractivity contribution in [3.8, 4) is 12.3 Å². The van der Waals surface area contributed by atoms with Gasteiger partial charge in [0.2, 0.25) is 10.5 Å². The quantitative estimate of drug-likeness (QED) is 0.377. The molecule has 0 amide bonds. The van der Waals surface area contributed by atoms with Crippen LogP contribution in [0.15, 0.2) is 18.2 Å². The number of aromatic nitrogens is 1. The number of aryl methyl sites for hydroxylation is 2. The SMILES string of the molecule is C#Cc1ccc2c(c1)sc(C)[n+]2CC.[I-]. The molecule has 1 heterocycles. The summed E-state index contributed by atoms with van der Waals surface area (Å²) in [6, 6.07) is 6.19. The average molecular weight is 329 g/mol. The Morgan fingerprint density at radius 1 is 1.47 bits per heavy atom. The van der Waals surface area contributed by atoms with Crippen LogP contribution in [0.2, 0.25) is 0 Å². The Labute approximate surface area is 111 Å². The molecule has 15 heavy (non-hydrogen) atoms. The van der Waals surface area contributed by atoms with Crippen LogP contribution in [0.4, 0.5) is 0 Å². The predicted octanol–water partition coefficient (Wildman–Crippen LogP) is -0.498. The van der Waals surface area contributed by atoms with Crippen molar-refractivity contribution in [3.05, 3.63) is 28.8 Å². The van der Waals surface area contributed by atoms with Gasteiger partial charge in [-0.05, 0) is 19.1 Å². The van der Waals surface area contributed by atoms with Gasteiger partial charge in [-0.3, -0.25) is 0 Å². The lowest BCUT2D eigenvalue weighted by atomic mass is 10.2. The van der Waals surface area contributed by atoms with Crippen LogP contribution in [0, 0.1) is 19.3 Å². The first-order chi connectivity index (χ1) is 6.76. The summed E-state index contributed by atoms with van der Waals surface area (Å²) in [7, 11) is 0. The van der Waals surface area contributed by atoms with E-state index >= 15 is 0 Å². The molecule has 0 saturated heterocycles. The van der Waals surface area contributed by atoms with E-state index in [4.69, 9.17) is 6.42 Å². The summed E-state index contributed by atoms with van der Waals surface area (Å²) in [6.07, 6.45) is 5.37. The van der Waals surface area contributed by atoms with Crippen LogP contribution < -0.4 is 28.5 Å². The van der Waals surface area contributed by atoms with E-state index in [1.165, 1.54) is 15.2 Å². The molecule has 0 aliphatic carbocycles. The van der Waals surface area contributed by atoms with Gasteiger partial charge in [0.05, 0.1) is 0 Å². The van der Waals surface area contributed by atoms with Crippen molar-refractivity contribution in [1.29, 1.82) is 0 Å². The normalized spacial score (nSPS) is 9.67. The number of thiazole rings is 1. The second-order valence-electron chi connectivity index (χ2n) is 3.19. The minimum atomic E-state index is 0. The number of fused-ring (bicyclic) bond motifs is 1. The zero-order valence-corrected chi connectivity index (χ0v) is 11.7. The fourth-order valence-corrected chi connectivity index (χ4v) is 2.81. The Morgan fingerprint density at radius 2 is 2.20 bits per heavy atom. The Bertz CT molecular complexity index is 522. The molecule has 0 aliphatic rings. The summed E-state index contributed by atoms with van der Waals surface area (Å²) >= 11 is 1.80. The largest absolute Gasteiger partial charge is 1.00 e. The molecule has 0 radical (unpaired) electrons. The number of hydrogen-bond donors (Lipinski definition) is 0. The third-order valence-corrected chi connectivity index (χ3v) is 3.43. The Kier molecular flexibility index (Phi) is 4.12. The predicted molar refractivity (Wildman–Crippen MR) is 60.4 cm³/mol. The van der Waals surface area contributed by atoms with Gasteiger partial charge >= 0.3 is 0 Å². The van der Waals surface area contributed by atoms with E-state index in [9.17, 15) is 0 Å². The minimum Gasteiger partial charge on any atom is -1.00 e. The fourth-order valence-electron chi connectivity index (χ4n) is 1.69. The van der Waals surface area contributed by atoms with E-state index in [2.05, 4.69) is 36.5 Å². The molecule has 0 aliphatic heterocycles. The molecule has 0 fully saturated rings. The molecule has 78 valence electrons. The molecule has 0 saturated carbocycles. The van der Waals surface area contributed by atoms with Gasteiger partial charge in [-0.2, -0.15) is 4.57 Å². The maximum absolute atomic E-state index is 5.37. The number of terminal acetylenes is 1. The fraction of sp³-hybridized carbons (Fsp3) is 0.250. The summed E-state index contributed by atoms with van der Waals surface area (Å²) in [5.41, 5.74) is 2.25. The molecule has 2 aromatic rings. The molecule has 1 aromatic carbocycles. The highest BCUT2D eigenvalue weighted by Crippen LogP contribution is 2.20. The van der Waals surface area contributed by atoms with Crippen LogP contribution in [-0.2, 0) is 6.54 Å². The lowest BCUT2D eigenvalue weighted by Crippen LogP contribution is -3.00. The van der Waals surface area contributed by atoms with Crippen molar-refractivity contribution in [1.82, 2.24) is 0 Å². The van der Waals surface area contributed by atoms with Gasteiger partial charge in [-0.25, -0.2) is 0 Å². The van der Waals surface area contributed by atoms with Gasteiger partial charge in [0.1, 0.15) is 11.2 Å². The van der Waals surface area contributed by atoms with Gasteiger partial charge < -0.3 is 24.0 Å². The summed E-state index contributed by atoms with van der Waals surface area (Å²) < 4.78 is 3.58. The molecule has 0 spiro atoms. The van der Waals surface area contributed by atoms with Crippen LogP contribution >= 0.6 is 11.3 Å². The van der Waals surface area contributed by atoms with E-state index in [0.717, 1.165) is 12.1 Å². The van der Waals surface area contributed by atoms with E-state index in [1.54, 1.807) is 11.3 Å². The average Bonchev–Trinajstić information content (AvgIpc) is 2.51. The number of nitrogens with zero attached hydrogens (tertiary/aromatic N) is 1. The first-order valence-electron chi connectivity index (χ1n) is 4.66. The summed E-state index contributed by atoms with van der Waals surface area (Å²) in [6.45, 7) is 5.32. The van der Waals surface area contributed by atoms with Crippen LogP contribution in [0.1, 0.15) is 17.5 Å². The lowest BCUT2D eigenvalue weighted by Gasteiger charge is -1.91. The van der Waals surface area contributed by atoms with Crippen molar-refractivity contribution in [2.45, 2.75) is 20.4 Å². The van der Waals surface area contributed by atoms with Gasteiger partial charge in [0.15, 0.2) is 0 Å². The van der Waals surface area contributed by atoms with Crippen LogP contribution in [0.25, 0.3) is 10.2 Å². The monoisotopic (exact) mass is 329 g/mol. The van der Waals surface area contributed by atoms with E-state index in [1.807, 2.05) is 6.07 Å². The third-order valence-electron chi connectivity index (χ3n) is 2.37. The van der Waals surface area contributed by atoms with Gasteiger partial charge in [0, 0.05) is 18.6 Å². The molecule has 3 heteroatoms. The highest BCUT2D eigenvalue weighted by molar-refractivity contribution is 7.18. The van der Waals surface area contributed by atoms with Crippen molar-refractivity contribution in [3.63, 3.8) is 0 Å². The molecule has 0 bridgehead atoms. The van der Waals surface area contributed by atoms with Crippen LogP contribution in [0.5, 0.6) is 0 Å². The van der Waals surface area contributed by atoms with Crippen molar-refractivity contribution < 1.29 is 28.5 Å². The molecule has 2 rings (SSSR count). The Hall–Kier alpha value is -0.600. The third kappa shape index (κ3) is 2.16. The molecular formula is C12H12INS. The van der Waals surface area contributed by atoms with Gasteiger partial charge in [0.25, 0.3) is 0 Å². The molecule has 0 atom stereocenters. The van der Waals surface area contributed by atoms with Crippen LogP contribution in [0.3, 0.4) is 0 Å². The second-order valence-corrected chi connectivity index (χ2v) is 4.43. The van der Waals surface area contributed by atoms with Crippen LogP contribution in [-0.4, -0.2) is 0 Å². The van der Waals surface area contributed by atoms with E-state index < -0.39 is 0 Å². The van der Waals surface area contributed by atoms with Crippen molar-refractivity contribution in [2.75, 3.05) is 0 Å². The molecule has 0 unspecified atom stereocenters. The Morgan fingerprint density at radius 3 is 2.80 bits per heavy atom. The van der Waals surface area contributed by atoms with E-state index in [0.29, 0.717) is 0 Å². The number of benzene rings is 1. The number of hydrogen-bond acceptors (Lipinski definition) is 1. The topological polar surface area (TPSA) is 3.88 Å². The maximum atomic E-state index is 5.37. The van der Waals surface area contributed by atoms with Gasteiger partial charge in [-0.15, -0.1) is 6.42 Å². The summed E-state index contributed by atoms with van der Waals surface area (Å²) in [4.78, 5) is 0. The smallest absolute Gasteiger partial charge is 0.235 e. The Balaban J connectivity index is 0.00000112. The molecular weight excluding hydrogens is 317 g/mol. The second kappa shape index (κ2) is 4.95. The lowest BCUT2D eigenvalue weighted by molar-refractivity contribution is -0.669. The first kappa shape index (κ1) is 12.5. The highest BCUT2D eigenvalue weighted by Gasteiger charge is 2.14. The van der Waals surface area contributed by atoms with E-state index in [-0.39, 0.29) is 24.0 Å². The summed E-state index contributed by atoms with van der Waals surface area (Å²) in [5.74, 6) is 2.66. The standard InChI is InChI=1S/C12H12NS.HI/c1-4-10-6-7-11-12(8-10)14-9(3)13(11)5-2;/h1,6-8H,5H2,2-3H3;1H/q+1;/p-1. The number of halogens is 1. The minimum absolute atomic E-state index is 0. The highest BCUT2D eigenvalue weighted by atomic mass is 127. The molecule has 1 nitrogen and oxygen atoms in total. The summed E-state index contributed by atoms with van der Waals surface area (Å²) in [5, 5.41) is 1.33. The first-order valence-corrected chi connectivity index (χ1v) is 5.47. The van der Waals surface area contributed by atoms with Crippen molar-refractivity contribution in [2.24, 2.45) is 0 Å².